The predicted octanol–water partition coefficient (Wildman–Crippen LogP) is 0.604. The molecule has 0 saturated heterocycles. The zero-order valence-corrected chi connectivity index (χ0v) is 11.1. The van der Waals surface area contributed by atoms with Crippen LogP contribution in [0.4, 0.5) is 0 Å². The number of rotatable bonds is 5. The molecule has 1 aromatic rings. The average Bonchev–Trinajstić information content (AvgIpc) is 2.98. The van der Waals surface area contributed by atoms with Gasteiger partial charge in [-0.05, 0) is 38.1 Å². The smallest absolute Gasteiger partial charge is 0.223 e. The molecule has 1 aromatic heterocycles. The van der Waals surface area contributed by atoms with Crippen LogP contribution in [0, 0.1) is 11.8 Å². The van der Waals surface area contributed by atoms with Crippen LogP contribution in [0.1, 0.15) is 44.0 Å². The van der Waals surface area contributed by atoms with Crippen LogP contribution in [0.25, 0.3) is 0 Å². The number of aromatic nitrogens is 3. The van der Waals surface area contributed by atoms with Gasteiger partial charge in [-0.2, -0.15) is 0 Å². The Bertz CT molecular complexity index is 454. The highest BCUT2D eigenvalue weighted by Gasteiger charge is 2.32. The lowest BCUT2D eigenvalue weighted by Gasteiger charge is -2.17. The first kappa shape index (κ1) is 12.6. The minimum absolute atomic E-state index is 0.0855. The van der Waals surface area contributed by atoms with Crippen LogP contribution >= 0.6 is 0 Å². The number of amides is 1. The van der Waals surface area contributed by atoms with Gasteiger partial charge in [0.2, 0.25) is 5.91 Å². The van der Waals surface area contributed by atoms with Gasteiger partial charge in [0.05, 0.1) is 6.54 Å². The molecule has 3 N–H and O–H groups in total. The minimum Gasteiger partial charge on any atom is -0.349 e. The van der Waals surface area contributed by atoms with Crippen LogP contribution in [-0.2, 0) is 11.3 Å². The van der Waals surface area contributed by atoms with Crippen molar-refractivity contribution in [2.24, 2.45) is 17.6 Å². The van der Waals surface area contributed by atoms with Gasteiger partial charge in [0.1, 0.15) is 6.33 Å². The van der Waals surface area contributed by atoms with Crippen molar-refractivity contribution < 1.29 is 4.79 Å². The van der Waals surface area contributed by atoms with Gasteiger partial charge in [0.25, 0.3) is 0 Å². The van der Waals surface area contributed by atoms with Crippen molar-refractivity contribution in [3.8, 4) is 0 Å². The Labute approximate surface area is 112 Å². The first-order valence-electron chi connectivity index (χ1n) is 7.15. The molecule has 6 heteroatoms. The number of nitrogens with one attached hydrogen (secondary N) is 1. The maximum absolute atomic E-state index is 12.2. The summed E-state index contributed by atoms with van der Waals surface area (Å²) in [5.41, 5.74) is 5.72. The van der Waals surface area contributed by atoms with Crippen LogP contribution < -0.4 is 11.1 Å². The highest BCUT2D eigenvalue weighted by Crippen LogP contribution is 2.35. The van der Waals surface area contributed by atoms with E-state index in [1.54, 1.807) is 6.33 Å². The molecule has 0 unspecified atom stereocenters. The van der Waals surface area contributed by atoms with Gasteiger partial charge in [-0.3, -0.25) is 4.79 Å². The molecule has 2 atom stereocenters. The molecule has 0 radical (unpaired) electrons. The summed E-state index contributed by atoms with van der Waals surface area (Å²) in [5.74, 6) is 1.42. The van der Waals surface area contributed by atoms with Gasteiger partial charge in [0, 0.05) is 12.0 Å². The SMILES string of the molecule is NC[C@H]1CCC[C@H]1C(=O)NCc1nncn1C1CC1. The monoisotopic (exact) mass is 263 g/mol. The maximum Gasteiger partial charge on any atom is 0.223 e. The molecular formula is C13H21N5O. The Morgan fingerprint density at radius 3 is 3.00 bits per heavy atom. The van der Waals surface area contributed by atoms with Crippen molar-refractivity contribution in [2.75, 3.05) is 6.54 Å². The van der Waals surface area contributed by atoms with Crippen molar-refractivity contribution in [3.05, 3.63) is 12.2 Å². The minimum atomic E-state index is 0.0855. The average molecular weight is 263 g/mol. The Kier molecular flexibility index (Phi) is 3.50. The highest BCUT2D eigenvalue weighted by atomic mass is 16.1. The number of carbonyl (C=O) groups excluding carboxylic acids is 1. The molecule has 104 valence electrons. The largest absolute Gasteiger partial charge is 0.349 e. The van der Waals surface area contributed by atoms with Crippen molar-refractivity contribution in [2.45, 2.75) is 44.7 Å². The van der Waals surface area contributed by atoms with Crippen molar-refractivity contribution in [1.82, 2.24) is 20.1 Å². The summed E-state index contributed by atoms with van der Waals surface area (Å²) in [5, 5.41) is 11.0. The van der Waals surface area contributed by atoms with E-state index >= 15 is 0 Å². The van der Waals surface area contributed by atoms with Crippen LogP contribution in [-0.4, -0.2) is 27.2 Å². The molecule has 0 bridgehead atoms. The van der Waals surface area contributed by atoms with Gasteiger partial charge in [0.15, 0.2) is 5.82 Å². The van der Waals surface area contributed by atoms with Crippen molar-refractivity contribution in [3.63, 3.8) is 0 Å². The molecule has 2 aliphatic rings. The summed E-state index contributed by atoms with van der Waals surface area (Å²) in [6, 6.07) is 0.546. The van der Waals surface area contributed by atoms with E-state index in [2.05, 4.69) is 20.1 Å². The second-order valence-corrected chi connectivity index (χ2v) is 5.64. The van der Waals surface area contributed by atoms with E-state index in [1.165, 1.54) is 12.8 Å². The fourth-order valence-electron chi connectivity index (χ4n) is 3.01. The van der Waals surface area contributed by atoms with E-state index in [9.17, 15) is 4.79 Å². The molecule has 19 heavy (non-hydrogen) atoms. The van der Waals surface area contributed by atoms with E-state index in [0.29, 0.717) is 25.0 Å². The number of carbonyl (C=O) groups is 1. The molecule has 3 rings (SSSR count). The van der Waals surface area contributed by atoms with E-state index in [-0.39, 0.29) is 11.8 Å². The lowest BCUT2D eigenvalue weighted by Crippen LogP contribution is -2.35. The molecule has 1 heterocycles. The fourth-order valence-corrected chi connectivity index (χ4v) is 3.01. The summed E-state index contributed by atoms with van der Waals surface area (Å²) < 4.78 is 2.08. The third kappa shape index (κ3) is 2.63. The summed E-state index contributed by atoms with van der Waals surface area (Å²) in [6.07, 6.45) is 7.29. The summed E-state index contributed by atoms with van der Waals surface area (Å²) in [6.45, 7) is 1.08. The number of nitrogens with zero attached hydrogens (tertiary/aromatic N) is 3. The summed E-state index contributed by atoms with van der Waals surface area (Å²) in [4.78, 5) is 12.2. The van der Waals surface area contributed by atoms with E-state index < -0.39 is 0 Å². The van der Waals surface area contributed by atoms with E-state index in [4.69, 9.17) is 5.73 Å². The predicted molar refractivity (Wildman–Crippen MR) is 70.0 cm³/mol. The van der Waals surface area contributed by atoms with Gasteiger partial charge in [-0.15, -0.1) is 10.2 Å². The molecule has 1 amide bonds. The van der Waals surface area contributed by atoms with Crippen molar-refractivity contribution in [1.29, 1.82) is 0 Å². The van der Waals surface area contributed by atoms with Crippen LogP contribution in [0.15, 0.2) is 6.33 Å². The topological polar surface area (TPSA) is 85.8 Å². The number of hydrogen-bond acceptors (Lipinski definition) is 4. The molecule has 2 saturated carbocycles. The standard InChI is InChI=1S/C13H21N5O/c14-6-9-2-1-3-11(9)13(19)15-7-12-17-16-8-18(12)10-4-5-10/h8-11H,1-7,14H2,(H,15,19)/t9-,11-/m1/s1. The number of nitrogens with two attached hydrogens (primary N) is 1. The molecule has 6 nitrogen and oxygen atoms in total. The van der Waals surface area contributed by atoms with Crippen LogP contribution in [0.5, 0.6) is 0 Å². The zero-order chi connectivity index (χ0) is 13.2. The van der Waals surface area contributed by atoms with Gasteiger partial charge >= 0.3 is 0 Å². The summed E-state index contributed by atoms with van der Waals surface area (Å²) >= 11 is 0. The lowest BCUT2D eigenvalue weighted by molar-refractivity contribution is -0.126. The van der Waals surface area contributed by atoms with Gasteiger partial charge in [-0.25, -0.2) is 0 Å². The maximum atomic E-state index is 12.2. The van der Waals surface area contributed by atoms with E-state index in [1.807, 2.05) is 0 Å². The quantitative estimate of drug-likeness (QED) is 0.814. The normalized spacial score (nSPS) is 26.6. The fraction of sp³-hybridized carbons (Fsp3) is 0.769. The molecule has 0 aliphatic heterocycles. The molecule has 2 aliphatic carbocycles. The van der Waals surface area contributed by atoms with Gasteiger partial charge in [-0.1, -0.05) is 6.42 Å². The Balaban J connectivity index is 1.56. The third-order valence-corrected chi connectivity index (χ3v) is 4.31. The van der Waals surface area contributed by atoms with Crippen molar-refractivity contribution >= 4 is 5.91 Å². The molecule has 0 spiro atoms. The highest BCUT2D eigenvalue weighted by molar-refractivity contribution is 5.79. The molecule has 2 fully saturated rings. The first-order chi connectivity index (χ1) is 9.29. The Morgan fingerprint density at radius 2 is 2.26 bits per heavy atom. The molecule has 0 aromatic carbocycles. The lowest BCUT2D eigenvalue weighted by atomic mass is 9.95. The van der Waals surface area contributed by atoms with Gasteiger partial charge < -0.3 is 15.6 Å². The third-order valence-electron chi connectivity index (χ3n) is 4.31. The Hall–Kier alpha value is -1.43. The van der Waals surface area contributed by atoms with Crippen LogP contribution in [0.2, 0.25) is 0 Å². The Morgan fingerprint density at radius 1 is 1.42 bits per heavy atom. The van der Waals surface area contributed by atoms with Crippen LogP contribution in [0.3, 0.4) is 0 Å². The second-order valence-electron chi connectivity index (χ2n) is 5.64. The second kappa shape index (κ2) is 5.28. The number of hydrogen-bond donors (Lipinski definition) is 2. The molecular weight excluding hydrogens is 242 g/mol. The zero-order valence-electron chi connectivity index (χ0n) is 11.1. The summed E-state index contributed by atoms with van der Waals surface area (Å²) in [7, 11) is 0. The van der Waals surface area contributed by atoms with E-state index in [0.717, 1.165) is 25.1 Å². The first-order valence-corrected chi connectivity index (χ1v) is 7.15.